The third-order valence-corrected chi connectivity index (χ3v) is 6.53. The minimum atomic E-state index is -0.568. The molecule has 0 aliphatic carbocycles. The highest BCUT2D eigenvalue weighted by Gasteiger charge is 2.28. The van der Waals surface area contributed by atoms with Gasteiger partial charge in [0.15, 0.2) is 0 Å². The number of carbonyl (C=O) groups is 2. The van der Waals surface area contributed by atoms with Crippen molar-refractivity contribution in [3.8, 4) is 0 Å². The third-order valence-electron chi connectivity index (χ3n) is 4.70. The molecule has 0 aromatic heterocycles. The monoisotopic (exact) mass is 500 g/mol. The molecule has 1 N–H and O–H groups in total. The Kier molecular flexibility index (Phi) is 11.0. The maximum atomic E-state index is 13.2. The second-order valence-corrected chi connectivity index (χ2v) is 9.36. The largest absolute Gasteiger partial charge is 0.354 e. The predicted octanol–water partition coefficient (Wildman–Crippen LogP) is 6.21. The van der Waals surface area contributed by atoms with Crippen LogP contribution in [0, 0.1) is 0 Å². The first-order valence-corrected chi connectivity index (χ1v) is 12.5. The molecule has 0 radical (unpaired) electrons. The molecule has 2 amide bonds. The second kappa shape index (κ2) is 13.2. The highest BCUT2D eigenvalue weighted by molar-refractivity contribution is 7.99. The summed E-state index contributed by atoms with van der Waals surface area (Å²) in [5.41, 5.74) is 1.84. The van der Waals surface area contributed by atoms with Crippen molar-refractivity contribution in [1.29, 1.82) is 0 Å². The minimum Gasteiger partial charge on any atom is -0.354 e. The van der Waals surface area contributed by atoms with Gasteiger partial charge in [0.2, 0.25) is 11.8 Å². The van der Waals surface area contributed by atoms with Gasteiger partial charge in [0.1, 0.15) is 6.04 Å². The molecule has 8 heteroatoms. The maximum Gasteiger partial charge on any atom is 0.242 e. The standard InChI is InChI=1S/C23H27Cl3N2O2S/c1-3-11-27-23(30)21(4-2)28(13-17-7-10-19(25)12-20(17)26)22(29)15-31-14-16-5-8-18(24)9-6-16/h5-10,12,21H,3-4,11,13-15H2,1-2H3,(H,27,30)/t21-/m0/s1. The molecule has 2 aromatic rings. The van der Waals surface area contributed by atoms with Crippen LogP contribution in [0.3, 0.4) is 0 Å². The lowest BCUT2D eigenvalue weighted by Crippen LogP contribution is -2.49. The van der Waals surface area contributed by atoms with E-state index in [1.807, 2.05) is 38.1 Å². The van der Waals surface area contributed by atoms with E-state index in [-0.39, 0.29) is 24.1 Å². The third kappa shape index (κ3) is 8.23. The Morgan fingerprint density at radius 1 is 1.03 bits per heavy atom. The molecule has 0 aliphatic heterocycles. The summed E-state index contributed by atoms with van der Waals surface area (Å²) in [5, 5.41) is 4.59. The van der Waals surface area contributed by atoms with Gasteiger partial charge in [-0.2, -0.15) is 0 Å². The average molecular weight is 502 g/mol. The molecule has 0 spiro atoms. The normalized spacial score (nSPS) is 11.8. The minimum absolute atomic E-state index is 0.108. The van der Waals surface area contributed by atoms with E-state index in [0.717, 1.165) is 17.5 Å². The fraction of sp³-hybridized carbons (Fsp3) is 0.391. The Morgan fingerprint density at radius 2 is 1.71 bits per heavy atom. The zero-order chi connectivity index (χ0) is 22.8. The summed E-state index contributed by atoms with van der Waals surface area (Å²) in [6, 6.07) is 12.2. The van der Waals surface area contributed by atoms with Crippen LogP contribution in [0.15, 0.2) is 42.5 Å². The molecule has 0 bridgehead atoms. The zero-order valence-corrected chi connectivity index (χ0v) is 20.8. The fourth-order valence-corrected chi connectivity index (χ4v) is 4.50. The van der Waals surface area contributed by atoms with Crippen LogP contribution in [0.1, 0.15) is 37.8 Å². The predicted molar refractivity (Wildman–Crippen MR) is 132 cm³/mol. The molecule has 0 aliphatic rings. The number of nitrogens with one attached hydrogen (secondary N) is 1. The molecule has 1 atom stereocenters. The van der Waals surface area contributed by atoms with Crippen molar-refractivity contribution in [1.82, 2.24) is 10.2 Å². The summed E-state index contributed by atoms with van der Waals surface area (Å²) in [5.74, 6) is 0.678. The van der Waals surface area contributed by atoms with Crippen molar-refractivity contribution < 1.29 is 9.59 Å². The van der Waals surface area contributed by atoms with Crippen molar-refractivity contribution in [2.75, 3.05) is 12.3 Å². The van der Waals surface area contributed by atoms with Gasteiger partial charge >= 0.3 is 0 Å². The van der Waals surface area contributed by atoms with Crippen LogP contribution >= 0.6 is 46.6 Å². The molecular weight excluding hydrogens is 475 g/mol. The van der Waals surface area contributed by atoms with E-state index in [1.54, 1.807) is 23.1 Å². The molecule has 2 rings (SSSR count). The van der Waals surface area contributed by atoms with Crippen molar-refractivity contribution in [3.05, 3.63) is 68.7 Å². The summed E-state index contributed by atoms with van der Waals surface area (Å²) in [7, 11) is 0. The van der Waals surface area contributed by atoms with Crippen molar-refractivity contribution in [2.45, 2.75) is 45.0 Å². The van der Waals surface area contributed by atoms with Crippen LogP contribution in [-0.2, 0) is 21.9 Å². The lowest BCUT2D eigenvalue weighted by Gasteiger charge is -2.31. The molecule has 168 valence electrons. The Balaban J connectivity index is 2.14. The van der Waals surface area contributed by atoms with E-state index in [4.69, 9.17) is 34.8 Å². The van der Waals surface area contributed by atoms with Crippen LogP contribution in [0.5, 0.6) is 0 Å². The highest BCUT2D eigenvalue weighted by Crippen LogP contribution is 2.24. The Labute approximate surface area is 203 Å². The maximum absolute atomic E-state index is 13.2. The van der Waals surface area contributed by atoms with E-state index in [2.05, 4.69) is 5.32 Å². The van der Waals surface area contributed by atoms with Gasteiger partial charge in [-0.3, -0.25) is 9.59 Å². The van der Waals surface area contributed by atoms with Crippen LogP contribution < -0.4 is 5.32 Å². The summed E-state index contributed by atoms with van der Waals surface area (Å²) in [6.45, 7) is 4.71. The molecular formula is C23H27Cl3N2O2S. The number of amides is 2. The van der Waals surface area contributed by atoms with E-state index in [1.165, 1.54) is 11.8 Å². The van der Waals surface area contributed by atoms with E-state index in [0.29, 0.717) is 33.8 Å². The number of carbonyl (C=O) groups excluding carboxylic acids is 2. The molecule has 0 saturated carbocycles. The lowest BCUT2D eigenvalue weighted by atomic mass is 10.1. The first kappa shape index (κ1) is 25.9. The summed E-state index contributed by atoms with van der Waals surface area (Å²) < 4.78 is 0. The van der Waals surface area contributed by atoms with Crippen molar-refractivity contribution in [2.24, 2.45) is 0 Å². The molecule has 0 heterocycles. The van der Waals surface area contributed by atoms with Crippen LogP contribution in [0.4, 0.5) is 0 Å². The topological polar surface area (TPSA) is 49.4 Å². The number of nitrogens with zero attached hydrogens (tertiary/aromatic N) is 1. The number of hydrogen-bond acceptors (Lipinski definition) is 3. The number of benzene rings is 2. The van der Waals surface area contributed by atoms with Gasteiger partial charge in [-0.15, -0.1) is 11.8 Å². The number of thioether (sulfide) groups is 1. The van der Waals surface area contributed by atoms with Gasteiger partial charge in [-0.05, 0) is 48.2 Å². The Hall–Kier alpha value is -1.40. The number of rotatable bonds is 11. The molecule has 0 fully saturated rings. The summed E-state index contributed by atoms with van der Waals surface area (Å²) >= 11 is 19.8. The van der Waals surface area contributed by atoms with Crippen LogP contribution in [-0.4, -0.2) is 35.1 Å². The van der Waals surface area contributed by atoms with Crippen molar-refractivity contribution in [3.63, 3.8) is 0 Å². The Bertz CT molecular complexity index is 878. The molecule has 0 unspecified atom stereocenters. The van der Waals surface area contributed by atoms with Gasteiger partial charge in [-0.1, -0.05) is 66.8 Å². The van der Waals surface area contributed by atoms with Gasteiger partial charge in [0.25, 0.3) is 0 Å². The van der Waals surface area contributed by atoms with E-state index < -0.39 is 6.04 Å². The van der Waals surface area contributed by atoms with Gasteiger partial charge < -0.3 is 10.2 Å². The van der Waals surface area contributed by atoms with Crippen LogP contribution in [0.2, 0.25) is 15.1 Å². The number of halogens is 3. The fourth-order valence-electron chi connectivity index (χ4n) is 3.04. The molecule has 4 nitrogen and oxygen atoms in total. The summed E-state index contributed by atoms with van der Waals surface area (Å²) in [6.07, 6.45) is 1.34. The quantitative estimate of drug-likeness (QED) is 0.398. The molecule has 0 saturated heterocycles. The van der Waals surface area contributed by atoms with E-state index in [9.17, 15) is 9.59 Å². The second-order valence-electron chi connectivity index (χ2n) is 7.09. The zero-order valence-electron chi connectivity index (χ0n) is 17.7. The van der Waals surface area contributed by atoms with Gasteiger partial charge in [0, 0.05) is 33.9 Å². The van der Waals surface area contributed by atoms with Crippen LogP contribution in [0.25, 0.3) is 0 Å². The lowest BCUT2D eigenvalue weighted by molar-refractivity contribution is -0.139. The average Bonchev–Trinajstić information content (AvgIpc) is 2.74. The van der Waals surface area contributed by atoms with Gasteiger partial charge in [-0.25, -0.2) is 0 Å². The summed E-state index contributed by atoms with van der Waals surface area (Å²) in [4.78, 5) is 27.6. The van der Waals surface area contributed by atoms with Gasteiger partial charge in [0.05, 0.1) is 5.75 Å². The number of hydrogen-bond donors (Lipinski definition) is 1. The first-order chi connectivity index (χ1) is 14.8. The Morgan fingerprint density at radius 3 is 2.32 bits per heavy atom. The van der Waals surface area contributed by atoms with E-state index >= 15 is 0 Å². The molecule has 31 heavy (non-hydrogen) atoms. The smallest absolute Gasteiger partial charge is 0.242 e. The first-order valence-electron chi connectivity index (χ1n) is 10.2. The molecule has 2 aromatic carbocycles. The van der Waals surface area contributed by atoms with Crippen molar-refractivity contribution >= 4 is 58.4 Å². The SMILES string of the molecule is CCCNC(=O)[C@H](CC)N(Cc1ccc(Cl)cc1Cl)C(=O)CSCc1ccc(Cl)cc1. The highest BCUT2D eigenvalue weighted by atomic mass is 35.5.